The van der Waals surface area contributed by atoms with Crippen LogP contribution in [0.1, 0.15) is 0 Å². The molecule has 0 N–H and O–H groups in total. The van der Waals surface area contributed by atoms with Crippen LogP contribution in [0.5, 0.6) is 0 Å². The summed E-state index contributed by atoms with van der Waals surface area (Å²) in [5.41, 5.74) is 12.1. The molecule has 4 heterocycles. The molecule has 6 nitrogen and oxygen atoms in total. The standard InChI is InChI=1S/C50H30N4O2/c1-2-13-31(14-3-1)48-52-49(54-50(53-48)39-17-5-4-16-36(39)32-15-12-26-51-30-32)35-28-33(37-20-10-24-44-46(37)40-18-6-8-22-42(40)55-44)27-34(29-35)38-21-11-25-45-47(38)41-19-7-9-23-43(41)56-45/h1-30H. The fourth-order valence-electron chi connectivity index (χ4n) is 7.89. The lowest BCUT2D eigenvalue weighted by molar-refractivity contribution is 0.668. The van der Waals surface area contributed by atoms with Crippen molar-refractivity contribution in [3.05, 3.63) is 182 Å². The van der Waals surface area contributed by atoms with Crippen molar-refractivity contribution in [1.29, 1.82) is 0 Å². The van der Waals surface area contributed by atoms with E-state index in [4.69, 9.17) is 23.8 Å². The van der Waals surface area contributed by atoms with E-state index in [1.54, 1.807) is 6.20 Å². The topological polar surface area (TPSA) is 77.8 Å². The molecule has 0 bridgehead atoms. The second kappa shape index (κ2) is 13.0. The predicted octanol–water partition coefficient (Wildman–Crippen LogP) is 13.1. The molecule has 0 aliphatic carbocycles. The van der Waals surface area contributed by atoms with Crippen LogP contribution in [0, 0.1) is 0 Å². The van der Waals surface area contributed by atoms with Crippen molar-refractivity contribution in [2.24, 2.45) is 0 Å². The van der Waals surface area contributed by atoms with E-state index in [9.17, 15) is 0 Å². The second-order valence-corrected chi connectivity index (χ2v) is 13.8. The summed E-state index contributed by atoms with van der Waals surface area (Å²) in [6, 6.07) is 57.8. The van der Waals surface area contributed by atoms with Crippen LogP contribution in [0.4, 0.5) is 0 Å². The Kier molecular flexibility index (Phi) is 7.38. The van der Waals surface area contributed by atoms with E-state index < -0.39 is 0 Å². The monoisotopic (exact) mass is 718 g/mol. The van der Waals surface area contributed by atoms with Crippen molar-refractivity contribution >= 4 is 43.9 Å². The maximum atomic E-state index is 6.37. The lowest BCUT2D eigenvalue weighted by atomic mass is 9.92. The lowest BCUT2D eigenvalue weighted by Gasteiger charge is -2.14. The van der Waals surface area contributed by atoms with Crippen LogP contribution in [0.15, 0.2) is 191 Å². The number of fused-ring (bicyclic) bond motifs is 6. The predicted molar refractivity (Wildman–Crippen MR) is 225 cm³/mol. The molecule has 0 unspecified atom stereocenters. The van der Waals surface area contributed by atoms with Gasteiger partial charge in [-0.05, 0) is 76.3 Å². The van der Waals surface area contributed by atoms with Gasteiger partial charge >= 0.3 is 0 Å². The summed E-state index contributed by atoms with van der Waals surface area (Å²) >= 11 is 0. The first-order valence-corrected chi connectivity index (χ1v) is 18.5. The fraction of sp³-hybridized carbons (Fsp3) is 0. The summed E-state index contributed by atoms with van der Waals surface area (Å²) in [5.74, 6) is 1.72. The molecule has 0 fully saturated rings. The van der Waals surface area contributed by atoms with Crippen molar-refractivity contribution < 1.29 is 8.83 Å². The van der Waals surface area contributed by atoms with Gasteiger partial charge in [0, 0.05) is 56.2 Å². The number of aromatic nitrogens is 4. The Hall–Kier alpha value is -7.70. The molecule has 0 amide bonds. The smallest absolute Gasteiger partial charge is 0.164 e. The van der Waals surface area contributed by atoms with Crippen LogP contribution < -0.4 is 0 Å². The minimum absolute atomic E-state index is 0.561. The van der Waals surface area contributed by atoms with Crippen molar-refractivity contribution in [1.82, 2.24) is 19.9 Å². The highest BCUT2D eigenvalue weighted by atomic mass is 16.3. The van der Waals surface area contributed by atoms with Gasteiger partial charge in [-0.3, -0.25) is 4.98 Å². The van der Waals surface area contributed by atoms with Gasteiger partial charge in [-0.2, -0.15) is 0 Å². The van der Waals surface area contributed by atoms with E-state index in [0.29, 0.717) is 17.5 Å². The van der Waals surface area contributed by atoms with Crippen LogP contribution in [-0.4, -0.2) is 19.9 Å². The molecule has 56 heavy (non-hydrogen) atoms. The number of nitrogens with zero attached hydrogens (tertiary/aromatic N) is 4. The zero-order valence-corrected chi connectivity index (χ0v) is 29.9. The first-order valence-electron chi connectivity index (χ1n) is 18.5. The van der Waals surface area contributed by atoms with Crippen molar-refractivity contribution in [2.75, 3.05) is 0 Å². The van der Waals surface area contributed by atoms with Crippen LogP contribution in [0.25, 0.3) is 111 Å². The molecular weight excluding hydrogens is 689 g/mol. The number of hydrogen-bond acceptors (Lipinski definition) is 6. The van der Waals surface area contributed by atoms with Crippen molar-refractivity contribution in [3.8, 4) is 67.5 Å². The fourth-order valence-corrected chi connectivity index (χ4v) is 7.89. The minimum Gasteiger partial charge on any atom is -0.456 e. The molecule has 0 aliphatic heterocycles. The third-order valence-corrected chi connectivity index (χ3v) is 10.4. The van der Waals surface area contributed by atoms with Crippen LogP contribution in [-0.2, 0) is 0 Å². The Bertz CT molecular complexity index is 3130. The zero-order chi connectivity index (χ0) is 37.0. The van der Waals surface area contributed by atoms with Gasteiger partial charge in [0.1, 0.15) is 22.3 Å². The molecule has 11 aromatic rings. The number of benzene rings is 7. The second-order valence-electron chi connectivity index (χ2n) is 13.8. The summed E-state index contributed by atoms with van der Waals surface area (Å²) in [6.45, 7) is 0. The van der Waals surface area contributed by atoms with Crippen LogP contribution in [0.3, 0.4) is 0 Å². The third kappa shape index (κ3) is 5.35. The Balaban J connectivity index is 1.21. The number of hydrogen-bond donors (Lipinski definition) is 0. The summed E-state index contributed by atoms with van der Waals surface area (Å²) in [7, 11) is 0. The molecule has 0 radical (unpaired) electrons. The molecule has 11 rings (SSSR count). The SMILES string of the molecule is c1ccc(-c2nc(-c3cc(-c4cccc5oc6ccccc6c45)cc(-c4cccc5oc6ccccc6c45)c3)nc(-c3ccccc3-c3cccnc3)n2)cc1. The average molecular weight is 719 g/mol. The maximum Gasteiger partial charge on any atom is 0.164 e. The zero-order valence-electron chi connectivity index (χ0n) is 29.9. The first kappa shape index (κ1) is 31.8. The molecule has 6 heteroatoms. The Morgan fingerprint density at radius 3 is 1.43 bits per heavy atom. The molecule has 0 atom stereocenters. The van der Waals surface area contributed by atoms with Crippen LogP contribution in [0.2, 0.25) is 0 Å². The van der Waals surface area contributed by atoms with Crippen LogP contribution >= 0.6 is 0 Å². The molecule has 262 valence electrons. The largest absolute Gasteiger partial charge is 0.456 e. The highest BCUT2D eigenvalue weighted by Crippen LogP contribution is 2.43. The van der Waals surface area contributed by atoms with Gasteiger partial charge in [0.15, 0.2) is 17.5 Å². The van der Waals surface area contributed by atoms with Gasteiger partial charge in [-0.15, -0.1) is 0 Å². The van der Waals surface area contributed by atoms with E-state index in [-0.39, 0.29) is 0 Å². The highest BCUT2D eigenvalue weighted by molar-refractivity contribution is 6.14. The van der Waals surface area contributed by atoms with Gasteiger partial charge in [0.05, 0.1) is 0 Å². The number of rotatable bonds is 6. The normalized spacial score (nSPS) is 11.6. The quantitative estimate of drug-likeness (QED) is 0.170. The van der Waals surface area contributed by atoms with Crippen molar-refractivity contribution in [2.45, 2.75) is 0 Å². The molecule has 0 saturated carbocycles. The molecule has 0 aliphatic rings. The van der Waals surface area contributed by atoms with E-state index in [2.05, 4.69) is 89.9 Å². The average Bonchev–Trinajstić information content (AvgIpc) is 3.85. The Morgan fingerprint density at radius 2 is 0.804 bits per heavy atom. The summed E-state index contributed by atoms with van der Waals surface area (Å²) in [4.78, 5) is 20.0. The van der Waals surface area contributed by atoms with Crippen molar-refractivity contribution in [3.63, 3.8) is 0 Å². The molecule has 0 spiro atoms. The molecule has 7 aromatic carbocycles. The van der Waals surface area contributed by atoms with Gasteiger partial charge < -0.3 is 8.83 Å². The third-order valence-electron chi connectivity index (χ3n) is 10.4. The molecule has 4 aromatic heterocycles. The number of furan rings is 2. The van der Waals surface area contributed by atoms with Gasteiger partial charge in [0.25, 0.3) is 0 Å². The lowest BCUT2D eigenvalue weighted by Crippen LogP contribution is -2.01. The summed E-state index contributed by atoms with van der Waals surface area (Å²) in [5, 5.41) is 4.25. The minimum atomic E-state index is 0.561. The summed E-state index contributed by atoms with van der Waals surface area (Å²) in [6.07, 6.45) is 3.65. The van der Waals surface area contributed by atoms with Gasteiger partial charge in [-0.25, -0.2) is 15.0 Å². The van der Waals surface area contributed by atoms with Gasteiger partial charge in [-0.1, -0.05) is 121 Å². The first-order chi connectivity index (χ1) is 27.7. The number of pyridine rings is 1. The summed E-state index contributed by atoms with van der Waals surface area (Å²) < 4.78 is 12.7. The van der Waals surface area contributed by atoms with E-state index in [1.807, 2.05) is 91.1 Å². The maximum absolute atomic E-state index is 6.37. The molecular formula is C50H30N4O2. The Morgan fingerprint density at radius 1 is 0.321 bits per heavy atom. The molecule has 0 saturated heterocycles. The number of para-hydroxylation sites is 2. The van der Waals surface area contributed by atoms with Gasteiger partial charge in [0.2, 0.25) is 0 Å². The highest BCUT2D eigenvalue weighted by Gasteiger charge is 2.20. The Labute approximate surface area is 321 Å². The van der Waals surface area contributed by atoms with E-state index >= 15 is 0 Å². The van der Waals surface area contributed by atoms with E-state index in [0.717, 1.165) is 93.9 Å². The van der Waals surface area contributed by atoms with E-state index in [1.165, 1.54) is 0 Å².